The third-order valence-corrected chi connectivity index (χ3v) is 3.53. The topological polar surface area (TPSA) is 57.5 Å². The zero-order chi connectivity index (χ0) is 9.94. The molecule has 72 valence electrons. The maximum atomic E-state index is 10.3. The Kier molecular flexibility index (Phi) is 4.20. The summed E-state index contributed by atoms with van der Waals surface area (Å²) in [5.74, 6) is -0.976. The van der Waals surface area contributed by atoms with Crippen molar-refractivity contribution in [2.75, 3.05) is 0 Å². The Hall–Kier alpha value is -0.0900. The van der Waals surface area contributed by atoms with Gasteiger partial charge in [0.2, 0.25) is 0 Å². The predicted octanol–water partition coefficient (Wildman–Crippen LogP) is 1.63. The largest absolute Gasteiger partial charge is 0.481 e. The highest BCUT2D eigenvalue weighted by atomic mass is 79.9. The van der Waals surface area contributed by atoms with Gasteiger partial charge in [-0.2, -0.15) is 0 Å². The van der Waals surface area contributed by atoms with Gasteiger partial charge in [-0.25, -0.2) is 0 Å². The second kappa shape index (κ2) is 4.23. The van der Waals surface area contributed by atoms with Crippen LogP contribution in [0, 0.1) is 5.41 Å². The second-order valence-corrected chi connectivity index (χ2v) is 4.92. The number of carboxylic acid groups (broad SMARTS) is 1. The third-order valence-electron chi connectivity index (χ3n) is 1.55. The zero-order valence-corrected chi connectivity index (χ0v) is 9.13. The second-order valence-electron chi connectivity index (χ2n) is 3.93. The van der Waals surface area contributed by atoms with E-state index in [1.807, 2.05) is 20.8 Å². The molecule has 0 saturated carbocycles. The Morgan fingerprint density at radius 2 is 1.92 bits per heavy atom. The van der Waals surface area contributed by atoms with Crippen LogP contribution in [0.2, 0.25) is 0 Å². The van der Waals surface area contributed by atoms with Crippen LogP contribution in [0.4, 0.5) is 0 Å². The summed E-state index contributed by atoms with van der Waals surface area (Å²) in [6.07, 6.45) is -1.05. The van der Waals surface area contributed by atoms with Crippen LogP contribution in [0.1, 0.15) is 27.2 Å². The van der Waals surface area contributed by atoms with Gasteiger partial charge < -0.3 is 10.2 Å². The van der Waals surface area contributed by atoms with Gasteiger partial charge in [0.25, 0.3) is 0 Å². The number of hydrogen-bond donors (Lipinski definition) is 2. The maximum Gasteiger partial charge on any atom is 0.306 e. The van der Waals surface area contributed by atoms with Crippen molar-refractivity contribution in [3.05, 3.63) is 0 Å². The monoisotopic (exact) mass is 238 g/mol. The van der Waals surface area contributed by atoms with Crippen LogP contribution in [0.5, 0.6) is 0 Å². The van der Waals surface area contributed by atoms with Crippen LogP contribution in [0.25, 0.3) is 0 Å². The van der Waals surface area contributed by atoms with E-state index < -0.39 is 12.1 Å². The molecule has 0 amide bonds. The van der Waals surface area contributed by atoms with Gasteiger partial charge in [-0.15, -0.1) is 0 Å². The van der Waals surface area contributed by atoms with Crippen molar-refractivity contribution in [1.82, 2.24) is 0 Å². The number of hydrogen-bond acceptors (Lipinski definition) is 2. The van der Waals surface area contributed by atoms with Crippen LogP contribution >= 0.6 is 15.9 Å². The molecule has 0 aromatic carbocycles. The Labute approximate surface area is 80.9 Å². The molecule has 12 heavy (non-hydrogen) atoms. The minimum Gasteiger partial charge on any atom is -0.481 e. The SMILES string of the molecule is CC(C)(C)C(Br)C(O)CC(=O)O. The molecular formula is C8H15BrO3. The van der Waals surface area contributed by atoms with E-state index >= 15 is 0 Å². The summed E-state index contributed by atoms with van der Waals surface area (Å²) < 4.78 is 0. The lowest BCUT2D eigenvalue weighted by atomic mass is 9.88. The van der Waals surface area contributed by atoms with E-state index in [2.05, 4.69) is 15.9 Å². The van der Waals surface area contributed by atoms with Gasteiger partial charge in [-0.3, -0.25) is 4.79 Å². The zero-order valence-electron chi connectivity index (χ0n) is 7.54. The number of aliphatic hydroxyl groups excluding tert-OH is 1. The smallest absolute Gasteiger partial charge is 0.306 e. The minimum absolute atomic E-state index is 0.130. The molecule has 3 nitrogen and oxygen atoms in total. The number of rotatable bonds is 3. The molecule has 0 fully saturated rings. The summed E-state index contributed by atoms with van der Waals surface area (Å²) in [5.41, 5.74) is -0.130. The van der Waals surface area contributed by atoms with E-state index in [0.717, 1.165) is 0 Å². The van der Waals surface area contributed by atoms with Gasteiger partial charge in [0.15, 0.2) is 0 Å². The van der Waals surface area contributed by atoms with E-state index in [-0.39, 0.29) is 16.7 Å². The average Bonchev–Trinajstić information content (AvgIpc) is 1.82. The predicted molar refractivity (Wildman–Crippen MR) is 50.4 cm³/mol. The highest BCUT2D eigenvalue weighted by Crippen LogP contribution is 2.29. The van der Waals surface area contributed by atoms with E-state index in [1.54, 1.807) is 0 Å². The number of alkyl halides is 1. The lowest BCUT2D eigenvalue weighted by Gasteiger charge is -2.28. The van der Waals surface area contributed by atoms with Crippen molar-refractivity contribution in [2.24, 2.45) is 5.41 Å². The summed E-state index contributed by atoms with van der Waals surface area (Å²) >= 11 is 3.28. The van der Waals surface area contributed by atoms with Crippen molar-refractivity contribution in [3.8, 4) is 0 Å². The molecule has 2 unspecified atom stereocenters. The lowest BCUT2D eigenvalue weighted by Crippen LogP contribution is -2.34. The number of aliphatic carboxylic acids is 1. The molecular weight excluding hydrogens is 224 g/mol. The normalized spacial score (nSPS) is 17.1. The van der Waals surface area contributed by atoms with Crippen molar-refractivity contribution in [3.63, 3.8) is 0 Å². The molecule has 0 aliphatic rings. The van der Waals surface area contributed by atoms with Gasteiger partial charge in [-0.05, 0) is 5.41 Å². The van der Waals surface area contributed by atoms with E-state index in [4.69, 9.17) is 5.11 Å². The summed E-state index contributed by atoms with van der Waals surface area (Å²) in [4.78, 5) is 10.1. The highest BCUT2D eigenvalue weighted by molar-refractivity contribution is 9.09. The summed E-state index contributed by atoms with van der Waals surface area (Å²) in [6.45, 7) is 5.83. The third kappa shape index (κ3) is 4.07. The molecule has 0 aromatic rings. The van der Waals surface area contributed by atoms with Crippen molar-refractivity contribution >= 4 is 21.9 Å². The first-order chi connectivity index (χ1) is 5.25. The van der Waals surface area contributed by atoms with Crippen LogP contribution < -0.4 is 0 Å². The molecule has 0 saturated heterocycles. The Morgan fingerprint density at radius 1 is 1.50 bits per heavy atom. The molecule has 2 atom stereocenters. The number of carboxylic acids is 1. The standard InChI is InChI=1S/C8H15BrO3/c1-8(2,3)7(9)5(10)4-6(11)12/h5,7,10H,4H2,1-3H3,(H,11,12). The molecule has 0 aromatic heterocycles. The van der Waals surface area contributed by atoms with Gasteiger partial charge in [0, 0.05) is 4.83 Å². The average molecular weight is 239 g/mol. The fourth-order valence-corrected chi connectivity index (χ4v) is 1.05. The maximum absolute atomic E-state index is 10.3. The molecule has 0 rings (SSSR count). The van der Waals surface area contributed by atoms with Crippen molar-refractivity contribution in [2.45, 2.75) is 38.1 Å². The summed E-state index contributed by atoms with van der Waals surface area (Å²) in [5, 5.41) is 17.8. The molecule has 2 N–H and O–H groups in total. The number of halogens is 1. The van der Waals surface area contributed by atoms with Crippen LogP contribution in [-0.2, 0) is 4.79 Å². The van der Waals surface area contributed by atoms with E-state index in [1.165, 1.54) is 0 Å². The highest BCUT2D eigenvalue weighted by Gasteiger charge is 2.29. The van der Waals surface area contributed by atoms with Gasteiger partial charge in [-0.1, -0.05) is 36.7 Å². The van der Waals surface area contributed by atoms with Gasteiger partial charge in [0.05, 0.1) is 12.5 Å². The first-order valence-electron chi connectivity index (χ1n) is 3.79. The van der Waals surface area contributed by atoms with Gasteiger partial charge >= 0.3 is 5.97 Å². The van der Waals surface area contributed by atoms with Crippen molar-refractivity contribution < 1.29 is 15.0 Å². The Morgan fingerprint density at radius 3 is 2.17 bits per heavy atom. The van der Waals surface area contributed by atoms with Crippen molar-refractivity contribution in [1.29, 1.82) is 0 Å². The lowest BCUT2D eigenvalue weighted by molar-refractivity contribution is -0.139. The summed E-state index contributed by atoms with van der Waals surface area (Å²) in [6, 6.07) is 0. The van der Waals surface area contributed by atoms with Gasteiger partial charge in [0.1, 0.15) is 0 Å². The van der Waals surface area contributed by atoms with Crippen LogP contribution in [0.3, 0.4) is 0 Å². The Bertz CT molecular complexity index is 162. The fraction of sp³-hybridized carbons (Fsp3) is 0.875. The molecule has 0 radical (unpaired) electrons. The van der Waals surface area contributed by atoms with Crippen LogP contribution in [-0.4, -0.2) is 27.1 Å². The molecule has 4 heteroatoms. The molecule has 0 aliphatic carbocycles. The Balaban J connectivity index is 4.10. The van der Waals surface area contributed by atoms with Crippen LogP contribution in [0.15, 0.2) is 0 Å². The fourth-order valence-electron chi connectivity index (χ4n) is 0.860. The van der Waals surface area contributed by atoms with E-state index in [0.29, 0.717) is 0 Å². The minimum atomic E-state index is -0.976. The number of carbonyl (C=O) groups is 1. The first kappa shape index (κ1) is 11.9. The summed E-state index contributed by atoms with van der Waals surface area (Å²) in [7, 11) is 0. The quantitative estimate of drug-likeness (QED) is 0.736. The molecule has 0 spiro atoms. The first-order valence-corrected chi connectivity index (χ1v) is 4.70. The van der Waals surface area contributed by atoms with E-state index in [9.17, 15) is 9.90 Å². The molecule has 0 heterocycles. The molecule has 0 bridgehead atoms. The molecule has 0 aliphatic heterocycles. The number of aliphatic hydroxyl groups is 1.